The van der Waals surface area contributed by atoms with Gasteiger partial charge in [0.1, 0.15) is 0 Å². The first-order valence-corrected chi connectivity index (χ1v) is 6.60. The lowest BCUT2D eigenvalue weighted by molar-refractivity contribution is 0.0951. The molecule has 0 heterocycles. The van der Waals surface area contributed by atoms with E-state index in [1.165, 1.54) is 0 Å². The van der Waals surface area contributed by atoms with Crippen LogP contribution in [-0.4, -0.2) is 5.91 Å². The highest BCUT2D eigenvalue weighted by Crippen LogP contribution is 2.12. The van der Waals surface area contributed by atoms with Crippen LogP contribution in [0, 0.1) is 0 Å². The van der Waals surface area contributed by atoms with Crippen molar-refractivity contribution in [2.24, 2.45) is 0 Å². The topological polar surface area (TPSA) is 29.1 Å². The second kappa shape index (κ2) is 6.03. The third-order valence-corrected chi connectivity index (χ3v) is 3.22. The summed E-state index contributed by atoms with van der Waals surface area (Å²) in [5, 5.41) is 3.41. The minimum absolute atomic E-state index is 0.125. The van der Waals surface area contributed by atoms with Crippen LogP contribution in [0.3, 0.4) is 0 Å². The zero-order valence-electron chi connectivity index (χ0n) is 9.49. The van der Waals surface area contributed by atoms with Crippen LogP contribution >= 0.6 is 27.5 Å². The van der Waals surface area contributed by atoms with Gasteiger partial charge in [-0.15, -0.1) is 0 Å². The Morgan fingerprint density at radius 3 is 2.56 bits per heavy atom. The van der Waals surface area contributed by atoms with Gasteiger partial charge in [0.25, 0.3) is 5.91 Å². The molecule has 0 bridgehead atoms. The third kappa shape index (κ3) is 3.59. The molecule has 2 nitrogen and oxygen atoms in total. The molecule has 4 heteroatoms. The minimum atomic E-state index is -0.125. The van der Waals surface area contributed by atoms with E-state index < -0.39 is 0 Å². The fourth-order valence-corrected chi connectivity index (χ4v) is 1.97. The number of amides is 1. The molecule has 92 valence electrons. The first-order valence-electron chi connectivity index (χ1n) is 5.43. The first kappa shape index (κ1) is 13.1. The molecule has 1 N–H and O–H groups in total. The summed E-state index contributed by atoms with van der Waals surface area (Å²) >= 11 is 9.21. The van der Waals surface area contributed by atoms with E-state index in [4.69, 9.17) is 11.6 Å². The zero-order valence-corrected chi connectivity index (χ0v) is 11.8. The normalized spacial score (nSPS) is 10.1. The highest BCUT2D eigenvalue weighted by atomic mass is 79.9. The van der Waals surface area contributed by atoms with E-state index in [1.54, 1.807) is 24.3 Å². The fourth-order valence-electron chi connectivity index (χ4n) is 1.52. The molecule has 0 aliphatic heterocycles. The van der Waals surface area contributed by atoms with Crippen molar-refractivity contribution >= 4 is 33.4 Å². The summed E-state index contributed by atoms with van der Waals surface area (Å²) < 4.78 is 1.02. The van der Waals surface area contributed by atoms with Crippen LogP contribution in [0.4, 0.5) is 0 Å². The van der Waals surface area contributed by atoms with Crippen molar-refractivity contribution in [1.29, 1.82) is 0 Å². The Labute approximate surface area is 119 Å². The molecule has 2 aromatic rings. The highest BCUT2D eigenvalue weighted by Gasteiger charge is 2.05. The molecule has 0 aliphatic rings. The van der Waals surface area contributed by atoms with Crippen molar-refractivity contribution in [2.75, 3.05) is 0 Å². The van der Waals surface area contributed by atoms with Crippen LogP contribution in [0.5, 0.6) is 0 Å². The van der Waals surface area contributed by atoms with Gasteiger partial charge in [0.15, 0.2) is 0 Å². The van der Waals surface area contributed by atoms with Gasteiger partial charge in [-0.05, 0) is 35.9 Å². The molecular weight excluding hydrogens is 314 g/mol. The molecule has 18 heavy (non-hydrogen) atoms. The number of nitrogens with one attached hydrogen (secondary N) is 1. The zero-order chi connectivity index (χ0) is 13.0. The van der Waals surface area contributed by atoms with E-state index in [9.17, 15) is 4.79 Å². The van der Waals surface area contributed by atoms with Crippen molar-refractivity contribution in [1.82, 2.24) is 5.32 Å². The highest BCUT2D eigenvalue weighted by molar-refractivity contribution is 9.10. The van der Waals surface area contributed by atoms with Gasteiger partial charge in [-0.25, -0.2) is 0 Å². The Balaban J connectivity index is 1.98. The lowest BCUT2D eigenvalue weighted by Gasteiger charge is -2.05. The Bertz CT molecular complexity index is 554. The number of benzene rings is 2. The molecule has 0 aromatic heterocycles. The summed E-state index contributed by atoms with van der Waals surface area (Å²) in [5.74, 6) is -0.125. The number of hydrogen-bond acceptors (Lipinski definition) is 1. The summed E-state index contributed by atoms with van der Waals surface area (Å²) in [7, 11) is 0. The van der Waals surface area contributed by atoms with Crippen molar-refractivity contribution in [3.05, 3.63) is 69.2 Å². The molecule has 0 unspecified atom stereocenters. The number of carbonyl (C=O) groups excluding carboxylic acids is 1. The Kier molecular flexibility index (Phi) is 4.39. The Hall–Kier alpha value is -1.32. The second-order valence-electron chi connectivity index (χ2n) is 3.82. The standard InChI is InChI=1S/C14H11BrClNO/c15-12-6-4-10(5-7-12)9-17-14(18)11-2-1-3-13(16)8-11/h1-8H,9H2,(H,17,18). The maximum absolute atomic E-state index is 11.9. The summed E-state index contributed by atoms with van der Waals surface area (Å²) in [5.41, 5.74) is 1.62. The summed E-state index contributed by atoms with van der Waals surface area (Å²) in [6, 6.07) is 14.7. The van der Waals surface area contributed by atoms with E-state index in [-0.39, 0.29) is 5.91 Å². The SMILES string of the molecule is O=C(NCc1ccc(Br)cc1)c1cccc(Cl)c1. The summed E-state index contributed by atoms with van der Waals surface area (Å²) in [6.45, 7) is 0.499. The van der Waals surface area contributed by atoms with E-state index in [1.807, 2.05) is 24.3 Å². The second-order valence-corrected chi connectivity index (χ2v) is 5.17. The molecule has 0 saturated heterocycles. The van der Waals surface area contributed by atoms with Crippen LogP contribution in [0.25, 0.3) is 0 Å². The predicted molar refractivity (Wildman–Crippen MR) is 76.8 cm³/mol. The lowest BCUT2D eigenvalue weighted by Crippen LogP contribution is -2.22. The van der Waals surface area contributed by atoms with Gasteiger partial charge >= 0.3 is 0 Å². The third-order valence-electron chi connectivity index (χ3n) is 2.45. The number of rotatable bonds is 3. The van der Waals surface area contributed by atoms with Crippen LogP contribution < -0.4 is 5.32 Å². The minimum Gasteiger partial charge on any atom is -0.348 e. The monoisotopic (exact) mass is 323 g/mol. The van der Waals surface area contributed by atoms with Gasteiger partial charge < -0.3 is 5.32 Å². The predicted octanol–water partition coefficient (Wildman–Crippen LogP) is 4.03. The average molecular weight is 325 g/mol. The lowest BCUT2D eigenvalue weighted by atomic mass is 10.2. The first-order chi connectivity index (χ1) is 8.65. The van der Waals surface area contributed by atoms with Gasteiger partial charge in [0.2, 0.25) is 0 Å². The summed E-state index contributed by atoms with van der Waals surface area (Å²) in [6.07, 6.45) is 0. The molecule has 0 aliphatic carbocycles. The molecule has 0 spiro atoms. The molecule has 2 aromatic carbocycles. The number of halogens is 2. The van der Waals surface area contributed by atoms with Gasteiger partial charge in [-0.2, -0.15) is 0 Å². The maximum atomic E-state index is 11.9. The molecular formula is C14H11BrClNO. The van der Waals surface area contributed by atoms with E-state index in [0.29, 0.717) is 17.1 Å². The maximum Gasteiger partial charge on any atom is 0.251 e. The van der Waals surface area contributed by atoms with E-state index in [0.717, 1.165) is 10.0 Å². The Morgan fingerprint density at radius 2 is 1.89 bits per heavy atom. The Morgan fingerprint density at radius 1 is 1.17 bits per heavy atom. The van der Waals surface area contributed by atoms with Crippen LogP contribution in [0.15, 0.2) is 53.0 Å². The van der Waals surface area contributed by atoms with Crippen molar-refractivity contribution in [3.8, 4) is 0 Å². The fraction of sp³-hybridized carbons (Fsp3) is 0.0714. The van der Waals surface area contributed by atoms with Gasteiger partial charge in [-0.3, -0.25) is 4.79 Å². The smallest absolute Gasteiger partial charge is 0.251 e. The van der Waals surface area contributed by atoms with E-state index >= 15 is 0 Å². The van der Waals surface area contributed by atoms with Crippen LogP contribution in [0.1, 0.15) is 15.9 Å². The van der Waals surface area contributed by atoms with Gasteiger partial charge in [0.05, 0.1) is 0 Å². The largest absolute Gasteiger partial charge is 0.348 e. The quantitative estimate of drug-likeness (QED) is 0.907. The molecule has 1 amide bonds. The molecule has 0 radical (unpaired) electrons. The van der Waals surface area contributed by atoms with Crippen molar-refractivity contribution in [3.63, 3.8) is 0 Å². The molecule has 0 atom stereocenters. The molecule has 0 fully saturated rings. The molecule has 0 saturated carbocycles. The van der Waals surface area contributed by atoms with Crippen molar-refractivity contribution in [2.45, 2.75) is 6.54 Å². The van der Waals surface area contributed by atoms with Gasteiger partial charge in [0, 0.05) is 21.6 Å². The van der Waals surface area contributed by atoms with Crippen molar-refractivity contribution < 1.29 is 4.79 Å². The number of carbonyl (C=O) groups is 1. The number of hydrogen-bond donors (Lipinski definition) is 1. The van der Waals surface area contributed by atoms with Crippen LogP contribution in [-0.2, 0) is 6.54 Å². The molecule has 2 rings (SSSR count). The average Bonchev–Trinajstić information content (AvgIpc) is 2.38. The van der Waals surface area contributed by atoms with Gasteiger partial charge in [-0.1, -0.05) is 45.7 Å². The van der Waals surface area contributed by atoms with Crippen LogP contribution in [0.2, 0.25) is 5.02 Å². The summed E-state index contributed by atoms with van der Waals surface area (Å²) in [4.78, 5) is 11.9. The van der Waals surface area contributed by atoms with E-state index in [2.05, 4.69) is 21.2 Å².